The van der Waals surface area contributed by atoms with E-state index in [9.17, 15) is 9.59 Å². The summed E-state index contributed by atoms with van der Waals surface area (Å²) in [6.07, 6.45) is 3.57. The molecule has 29 heavy (non-hydrogen) atoms. The van der Waals surface area contributed by atoms with Crippen molar-refractivity contribution in [1.29, 1.82) is 0 Å². The van der Waals surface area contributed by atoms with Gasteiger partial charge in [0.25, 0.3) is 0 Å². The number of carbonyl (C=O) groups excluding carboxylic acids is 2. The molecule has 2 aromatic heterocycles. The van der Waals surface area contributed by atoms with Crippen LogP contribution in [0.15, 0.2) is 42.7 Å². The first kappa shape index (κ1) is 19.7. The number of amides is 1. The highest BCUT2D eigenvalue weighted by Crippen LogP contribution is 2.35. The van der Waals surface area contributed by atoms with Crippen molar-refractivity contribution in [2.45, 2.75) is 25.3 Å². The predicted octanol–water partition coefficient (Wildman–Crippen LogP) is 3.77. The lowest BCUT2D eigenvalue weighted by Crippen LogP contribution is -2.35. The van der Waals surface area contributed by atoms with Crippen molar-refractivity contribution in [2.75, 3.05) is 19.8 Å². The summed E-state index contributed by atoms with van der Waals surface area (Å²) in [6.45, 7) is 3.85. The second-order valence-corrected chi connectivity index (χ2v) is 8.71. The normalized spacial score (nSPS) is 18.9. The number of hydrogen-bond donors (Lipinski definition) is 1. The Morgan fingerprint density at radius 3 is 2.72 bits per heavy atom. The third-order valence-corrected chi connectivity index (χ3v) is 6.53. The van der Waals surface area contributed by atoms with Crippen LogP contribution < -0.4 is 5.32 Å². The van der Waals surface area contributed by atoms with Crippen LogP contribution in [0.4, 0.5) is 4.79 Å². The fraction of sp³-hybridized carbons (Fsp3) is 0.318. The molecule has 6 nitrogen and oxygen atoms in total. The number of fused-ring (bicyclic) bond motifs is 1. The first-order valence-corrected chi connectivity index (χ1v) is 10.6. The Balaban J connectivity index is 1.74. The van der Waals surface area contributed by atoms with Crippen LogP contribution in [0.1, 0.15) is 32.6 Å². The van der Waals surface area contributed by atoms with Gasteiger partial charge < -0.3 is 4.90 Å². The maximum Gasteiger partial charge on any atom is 0.328 e. The average Bonchev–Trinajstić information content (AvgIpc) is 3.30. The number of thioether (sulfide) groups is 1. The Hall–Kier alpha value is -2.64. The van der Waals surface area contributed by atoms with Gasteiger partial charge in [0.05, 0.1) is 16.9 Å². The first-order chi connectivity index (χ1) is 13.9. The molecule has 0 radical (unpaired) electrons. The van der Waals surface area contributed by atoms with Crippen molar-refractivity contribution in [3.05, 3.63) is 65.1 Å². The lowest BCUT2D eigenvalue weighted by atomic mass is 10.0. The van der Waals surface area contributed by atoms with Gasteiger partial charge in [-0.15, -0.1) is 11.8 Å². The molecule has 0 spiro atoms. The lowest BCUT2D eigenvalue weighted by molar-refractivity contribution is 0.0956. The first-order valence-electron chi connectivity index (χ1n) is 9.53. The van der Waals surface area contributed by atoms with E-state index in [1.54, 1.807) is 36.6 Å². The van der Waals surface area contributed by atoms with Crippen LogP contribution in [0, 0.1) is 13.8 Å². The summed E-state index contributed by atoms with van der Waals surface area (Å²) in [4.78, 5) is 32.1. The molecule has 2 atom stereocenters. The predicted molar refractivity (Wildman–Crippen MR) is 117 cm³/mol. The molecule has 1 N–H and O–H groups in total. The van der Waals surface area contributed by atoms with Gasteiger partial charge in [-0.05, 0) is 37.6 Å². The van der Waals surface area contributed by atoms with Gasteiger partial charge in [0.15, 0.2) is 5.78 Å². The molecule has 150 valence electrons. The lowest BCUT2D eigenvalue weighted by Gasteiger charge is -2.15. The molecule has 1 unspecified atom stereocenters. The summed E-state index contributed by atoms with van der Waals surface area (Å²) >= 11 is 1.71. The number of nitrogens with zero attached hydrogens (tertiary/aromatic N) is 3. The maximum absolute atomic E-state index is 13.5. The van der Waals surface area contributed by atoms with E-state index in [2.05, 4.69) is 10.3 Å². The molecular weight excluding hydrogens is 384 g/mol. The van der Waals surface area contributed by atoms with E-state index in [0.717, 1.165) is 22.0 Å². The average molecular weight is 409 g/mol. The number of aryl methyl sites for hydroxylation is 1. The van der Waals surface area contributed by atoms with E-state index in [-0.39, 0.29) is 23.2 Å². The van der Waals surface area contributed by atoms with Crippen LogP contribution in [0.5, 0.6) is 0 Å². The SMILES string of the molecule is Cc1ccc2c(c1)c(C(=O)[C@@H]1CSC(c3cccnc3)N1)c(C)n2C(=O)N(C)C. The summed E-state index contributed by atoms with van der Waals surface area (Å²) in [5.41, 5.74) is 4.20. The number of hydrogen-bond acceptors (Lipinski definition) is 5. The molecule has 1 aliphatic heterocycles. The van der Waals surface area contributed by atoms with Crippen molar-refractivity contribution >= 4 is 34.5 Å². The molecular formula is C22H24N4O2S. The summed E-state index contributed by atoms with van der Waals surface area (Å²) in [6, 6.07) is 9.34. The van der Waals surface area contributed by atoms with Gasteiger partial charge in [0, 0.05) is 48.9 Å². The molecule has 3 heterocycles. The third kappa shape index (κ3) is 3.45. The molecule has 1 aliphatic rings. The molecule has 7 heteroatoms. The Kier molecular flexibility index (Phi) is 5.19. The quantitative estimate of drug-likeness (QED) is 0.668. The third-order valence-electron chi connectivity index (χ3n) is 5.27. The molecule has 0 aliphatic carbocycles. The largest absolute Gasteiger partial charge is 0.330 e. The zero-order valence-electron chi connectivity index (χ0n) is 17.0. The Morgan fingerprint density at radius 1 is 1.24 bits per heavy atom. The molecule has 4 rings (SSSR count). The van der Waals surface area contributed by atoms with E-state index >= 15 is 0 Å². The van der Waals surface area contributed by atoms with Crippen LogP contribution in [0.3, 0.4) is 0 Å². The number of benzene rings is 1. The van der Waals surface area contributed by atoms with Crippen LogP contribution in [-0.2, 0) is 0 Å². The molecule has 0 bridgehead atoms. The molecule has 3 aromatic rings. The fourth-order valence-corrected chi connectivity index (χ4v) is 5.04. The van der Waals surface area contributed by atoms with Gasteiger partial charge in [-0.2, -0.15) is 0 Å². The highest BCUT2D eigenvalue weighted by molar-refractivity contribution is 7.99. The summed E-state index contributed by atoms with van der Waals surface area (Å²) in [7, 11) is 3.44. The van der Waals surface area contributed by atoms with Gasteiger partial charge in [-0.25, -0.2) is 4.79 Å². The number of Topliss-reactive ketones (excluding diaryl/α,β-unsaturated/α-hetero) is 1. The number of carbonyl (C=O) groups is 2. The number of rotatable bonds is 3. The topological polar surface area (TPSA) is 67.2 Å². The standard InChI is InChI=1S/C22H24N4O2S/c1-13-7-8-18-16(10-13)19(14(2)26(18)22(28)25(3)4)20(27)17-12-29-21(24-17)15-6-5-9-23-11-15/h5-11,17,21,24H,12H2,1-4H3/t17-,21?/m0/s1. The van der Waals surface area contributed by atoms with Crippen molar-refractivity contribution < 1.29 is 9.59 Å². The second-order valence-electron chi connectivity index (χ2n) is 7.58. The molecule has 0 saturated carbocycles. The van der Waals surface area contributed by atoms with E-state index < -0.39 is 0 Å². The summed E-state index contributed by atoms with van der Waals surface area (Å²) in [5.74, 6) is 0.708. The van der Waals surface area contributed by atoms with Crippen LogP contribution in [0.2, 0.25) is 0 Å². The number of aromatic nitrogens is 2. The molecule has 1 fully saturated rings. The number of nitrogens with one attached hydrogen (secondary N) is 1. The fourth-order valence-electron chi connectivity index (χ4n) is 3.81. The smallest absolute Gasteiger partial charge is 0.328 e. The maximum atomic E-state index is 13.5. The van der Waals surface area contributed by atoms with E-state index in [1.165, 1.54) is 4.90 Å². The Bertz CT molecular complexity index is 1090. The van der Waals surface area contributed by atoms with Gasteiger partial charge >= 0.3 is 6.03 Å². The molecule has 1 amide bonds. The van der Waals surface area contributed by atoms with Gasteiger partial charge in [0.1, 0.15) is 0 Å². The molecule has 1 aromatic carbocycles. The minimum absolute atomic E-state index is 0.0299. The Labute approximate surface area is 174 Å². The van der Waals surface area contributed by atoms with E-state index in [1.807, 2.05) is 50.4 Å². The van der Waals surface area contributed by atoms with Gasteiger partial charge in [0.2, 0.25) is 0 Å². The second kappa shape index (κ2) is 7.65. The van der Waals surface area contributed by atoms with Crippen LogP contribution >= 0.6 is 11.8 Å². The Morgan fingerprint density at radius 2 is 2.03 bits per heavy atom. The summed E-state index contributed by atoms with van der Waals surface area (Å²) < 4.78 is 1.64. The molecule has 1 saturated heterocycles. The monoisotopic (exact) mass is 408 g/mol. The minimum atomic E-state index is -0.307. The minimum Gasteiger partial charge on any atom is -0.330 e. The van der Waals surface area contributed by atoms with Gasteiger partial charge in [-0.1, -0.05) is 17.7 Å². The van der Waals surface area contributed by atoms with Crippen molar-refractivity contribution in [3.8, 4) is 0 Å². The van der Waals surface area contributed by atoms with Crippen LogP contribution in [0.25, 0.3) is 10.9 Å². The highest BCUT2D eigenvalue weighted by Gasteiger charge is 2.34. The zero-order valence-corrected chi connectivity index (χ0v) is 17.8. The van der Waals surface area contributed by atoms with Crippen molar-refractivity contribution in [1.82, 2.24) is 19.8 Å². The highest BCUT2D eigenvalue weighted by atomic mass is 32.2. The van der Waals surface area contributed by atoms with Crippen molar-refractivity contribution in [3.63, 3.8) is 0 Å². The van der Waals surface area contributed by atoms with Gasteiger partial charge in [-0.3, -0.25) is 19.7 Å². The van der Waals surface area contributed by atoms with E-state index in [0.29, 0.717) is 17.0 Å². The van der Waals surface area contributed by atoms with Crippen molar-refractivity contribution in [2.24, 2.45) is 0 Å². The number of ketones is 1. The zero-order chi connectivity index (χ0) is 20.7. The van der Waals surface area contributed by atoms with Crippen LogP contribution in [-0.4, -0.2) is 52.2 Å². The summed E-state index contributed by atoms with van der Waals surface area (Å²) in [5, 5.41) is 4.31. The number of pyridine rings is 1. The van der Waals surface area contributed by atoms with E-state index in [4.69, 9.17) is 0 Å².